The number of benzene rings is 1. The summed E-state index contributed by atoms with van der Waals surface area (Å²) in [6.07, 6.45) is 2.43. The van der Waals surface area contributed by atoms with Gasteiger partial charge in [0.25, 0.3) is 0 Å². The summed E-state index contributed by atoms with van der Waals surface area (Å²) in [4.78, 5) is 0. The molecule has 0 amide bonds. The van der Waals surface area contributed by atoms with Crippen molar-refractivity contribution in [3.05, 3.63) is 33.8 Å². The molecule has 0 aliphatic heterocycles. The largest absolute Gasteiger partial charge is 0.310 e. The molecule has 0 aromatic heterocycles. The summed E-state index contributed by atoms with van der Waals surface area (Å²) in [5.74, 6) is 0.734. The van der Waals surface area contributed by atoms with Crippen molar-refractivity contribution in [2.45, 2.75) is 46.2 Å². The van der Waals surface area contributed by atoms with Gasteiger partial charge in [0.05, 0.1) is 10.0 Å². The van der Waals surface area contributed by atoms with Gasteiger partial charge in [-0.05, 0) is 30.5 Å². The van der Waals surface area contributed by atoms with Gasteiger partial charge in [-0.1, -0.05) is 56.0 Å². The van der Waals surface area contributed by atoms with E-state index in [2.05, 4.69) is 26.1 Å². The van der Waals surface area contributed by atoms with E-state index in [1.807, 2.05) is 18.2 Å². The summed E-state index contributed by atoms with van der Waals surface area (Å²) >= 11 is 11.9. The molecule has 0 heterocycles. The topological polar surface area (TPSA) is 12.0 Å². The fourth-order valence-electron chi connectivity index (χ4n) is 2.09. The highest BCUT2D eigenvalue weighted by Crippen LogP contribution is 2.22. The number of hydrogen-bond donors (Lipinski definition) is 1. The monoisotopic (exact) mass is 273 g/mol. The van der Waals surface area contributed by atoms with Gasteiger partial charge in [0, 0.05) is 12.6 Å². The van der Waals surface area contributed by atoms with Crippen LogP contribution in [0.5, 0.6) is 0 Å². The van der Waals surface area contributed by atoms with Crippen LogP contribution in [0.2, 0.25) is 10.0 Å². The predicted molar refractivity (Wildman–Crippen MR) is 76.8 cm³/mol. The number of hydrogen-bond acceptors (Lipinski definition) is 1. The third-order valence-corrected chi connectivity index (χ3v) is 4.11. The van der Waals surface area contributed by atoms with Crippen LogP contribution in [0.1, 0.15) is 39.2 Å². The normalized spacial score (nSPS) is 13.1. The molecule has 1 nitrogen and oxygen atoms in total. The van der Waals surface area contributed by atoms with Crippen molar-refractivity contribution in [2.75, 3.05) is 0 Å². The van der Waals surface area contributed by atoms with E-state index in [4.69, 9.17) is 23.2 Å². The van der Waals surface area contributed by atoms with Crippen LogP contribution in [0, 0.1) is 5.92 Å². The molecule has 1 atom stereocenters. The highest BCUT2D eigenvalue weighted by molar-refractivity contribution is 6.42. The Hall–Kier alpha value is -0.240. The van der Waals surface area contributed by atoms with E-state index < -0.39 is 0 Å². The molecule has 1 aromatic rings. The lowest BCUT2D eigenvalue weighted by Gasteiger charge is -2.22. The average Bonchev–Trinajstić information content (AvgIpc) is 2.32. The van der Waals surface area contributed by atoms with Crippen molar-refractivity contribution in [3.8, 4) is 0 Å². The molecule has 1 unspecified atom stereocenters. The highest BCUT2D eigenvalue weighted by atomic mass is 35.5. The molecular formula is C14H21Cl2N. The predicted octanol–water partition coefficient (Wildman–Crippen LogP) is 4.91. The van der Waals surface area contributed by atoms with Crippen LogP contribution in [-0.2, 0) is 6.54 Å². The van der Waals surface area contributed by atoms with Gasteiger partial charge in [0.1, 0.15) is 0 Å². The zero-order chi connectivity index (χ0) is 12.8. The Kier molecular flexibility index (Phi) is 6.32. The SMILES string of the molecule is CCC(CC)C(C)NCc1ccc(Cl)c(Cl)c1. The maximum absolute atomic E-state index is 5.99. The Morgan fingerprint density at radius 1 is 1.12 bits per heavy atom. The van der Waals surface area contributed by atoms with E-state index in [1.54, 1.807) is 0 Å². The fraction of sp³-hybridized carbons (Fsp3) is 0.571. The Bertz CT molecular complexity index is 348. The van der Waals surface area contributed by atoms with Crippen LogP contribution in [-0.4, -0.2) is 6.04 Å². The summed E-state index contributed by atoms with van der Waals surface area (Å²) in [5.41, 5.74) is 1.18. The van der Waals surface area contributed by atoms with Crippen molar-refractivity contribution in [1.82, 2.24) is 5.32 Å². The molecule has 0 fully saturated rings. The summed E-state index contributed by atoms with van der Waals surface area (Å²) in [6.45, 7) is 7.57. The summed E-state index contributed by atoms with van der Waals surface area (Å²) in [6, 6.07) is 6.32. The molecule has 1 N–H and O–H groups in total. The zero-order valence-corrected chi connectivity index (χ0v) is 12.3. The van der Waals surface area contributed by atoms with Crippen molar-refractivity contribution in [2.24, 2.45) is 5.92 Å². The molecule has 0 aliphatic rings. The first-order valence-electron chi connectivity index (χ1n) is 6.25. The lowest BCUT2D eigenvalue weighted by atomic mass is 9.95. The lowest BCUT2D eigenvalue weighted by molar-refractivity contribution is 0.353. The standard InChI is InChI=1S/C14H21Cl2N/c1-4-12(5-2)10(3)17-9-11-6-7-13(15)14(16)8-11/h6-8,10,12,17H,4-5,9H2,1-3H3. The molecule has 1 rings (SSSR count). The van der Waals surface area contributed by atoms with E-state index >= 15 is 0 Å². The fourth-order valence-corrected chi connectivity index (χ4v) is 2.41. The molecule has 17 heavy (non-hydrogen) atoms. The van der Waals surface area contributed by atoms with Crippen LogP contribution in [0.25, 0.3) is 0 Å². The molecule has 0 bridgehead atoms. The quantitative estimate of drug-likeness (QED) is 0.777. The van der Waals surface area contributed by atoms with Crippen molar-refractivity contribution in [1.29, 1.82) is 0 Å². The van der Waals surface area contributed by atoms with Gasteiger partial charge in [-0.2, -0.15) is 0 Å². The van der Waals surface area contributed by atoms with Gasteiger partial charge in [0.2, 0.25) is 0 Å². The summed E-state index contributed by atoms with van der Waals surface area (Å²) < 4.78 is 0. The first kappa shape index (κ1) is 14.8. The molecule has 0 spiro atoms. The van der Waals surface area contributed by atoms with Gasteiger partial charge in [0.15, 0.2) is 0 Å². The minimum Gasteiger partial charge on any atom is -0.310 e. The van der Waals surface area contributed by atoms with Gasteiger partial charge in [-0.25, -0.2) is 0 Å². The zero-order valence-electron chi connectivity index (χ0n) is 10.8. The van der Waals surface area contributed by atoms with Gasteiger partial charge in [-0.15, -0.1) is 0 Å². The van der Waals surface area contributed by atoms with E-state index in [0.717, 1.165) is 12.5 Å². The van der Waals surface area contributed by atoms with E-state index in [-0.39, 0.29) is 0 Å². The van der Waals surface area contributed by atoms with Crippen LogP contribution < -0.4 is 5.32 Å². The second-order valence-corrected chi connectivity index (χ2v) is 5.31. The third kappa shape index (κ3) is 4.50. The average molecular weight is 274 g/mol. The van der Waals surface area contributed by atoms with Crippen molar-refractivity contribution < 1.29 is 0 Å². The highest BCUT2D eigenvalue weighted by Gasteiger charge is 2.12. The smallest absolute Gasteiger partial charge is 0.0595 e. The molecule has 1 aromatic carbocycles. The number of nitrogens with one attached hydrogen (secondary N) is 1. The second kappa shape index (κ2) is 7.25. The van der Waals surface area contributed by atoms with Crippen LogP contribution in [0.15, 0.2) is 18.2 Å². The Labute approximate surface area is 115 Å². The van der Waals surface area contributed by atoms with E-state index in [0.29, 0.717) is 16.1 Å². The Morgan fingerprint density at radius 2 is 1.76 bits per heavy atom. The van der Waals surface area contributed by atoms with Crippen molar-refractivity contribution in [3.63, 3.8) is 0 Å². The number of rotatable bonds is 6. The molecule has 0 saturated carbocycles. The maximum atomic E-state index is 5.99. The Balaban J connectivity index is 2.52. The third-order valence-electron chi connectivity index (χ3n) is 3.37. The molecule has 0 saturated heterocycles. The van der Waals surface area contributed by atoms with Gasteiger partial charge < -0.3 is 5.32 Å². The number of halogens is 2. The van der Waals surface area contributed by atoms with Crippen LogP contribution in [0.4, 0.5) is 0 Å². The van der Waals surface area contributed by atoms with Gasteiger partial charge >= 0.3 is 0 Å². The van der Waals surface area contributed by atoms with Crippen LogP contribution >= 0.6 is 23.2 Å². The maximum Gasteiger partial charge on any atom is 0.0595 e. The van der Waals surface area contributed by atoms with E-state index in [9.17, 15) is 0 Å². The minimum absolute atomic E-state index is 0.527. The molecular weight excluding hydrogens is 253 g/mol. The van der Waals surface area contributed by atoms with Gasteiger partial charge in [-0.3, -0.25) is 0 Å². The van der Waals surface area contributed by atoms with E-state index in [1.165, 1.54) is 18.4 Å². The first-order chi connectivity index (χ1) is 8.08. The summed E-state index contributed by atoms with van der Waals surface area (Å²) in [7, 11) is 0. The first-order valence-corrected chi connectivity index (χ1v) is 7.01. The molecule has 0 aliphatic carbocycles. The summed E-state index contributed by atoms with van der Waals surface area (Å²) in [5, 5.41) is 4.79. The lowest BCUT2D eigenvalue weighted by Crippen LogP contribution is -2.32. The Morgan fingerprint density at radius 3 is 2.29 bits per heavy atom. The second-order valence-electron chi connectivity index (χ2n) is 4.49. The minimum atomic E-state index is 0.527. The molecule has 96 valence electrons. The van der Waals surface area contributed by atoms with Crippen LogP contribution in [0.3, 0.4) is 0 Å². The molecule has 0 radical (unpaired) electrons. The molecule has 3 heteroatoms. The van der Waals surface area contributed by atoms with Crippen molar-refractivity contribution >= 4 is 23.2 Å².